The number of hydrogen-bond donors (Lipinski definition) is 0. The Kier molecular flexibility index (Phi) is 4.81. The van der Waals surface area contributed by atoms with Crippen molar-refractivity contribution in [1.82, 2.24) is 9.78 Å². The van der Waals surface area contributed by atoms with E-state index in [9.17, 15) is 13.2 Å². The summed E-state index contributed by atoms with van der Waals surface area (Å²) < 4.78 is 31.2. The van der Waals surface area contributed by atoms with Crippen LogP contribution in [0, 0.1) is 0 Å². The Bertz CT molecular complexity index is 1250. The van der Waals surface area contributed by atoms with E-state index >= 15 is 0 Å². The lowest BCUT2D eigenvalue weighted by atomic mass is 10.1. The van der Waals surface area contributed by atoms with Crippen molar-refractivity contribution in [3.05, 3.63) is 65.9 Å². The number of ether oxygens (including phenoxy) is 1. The molecule has 2 aliphatic rings. The first-order chi connectivity index (χ1) is 14.9. The van der Waals surface area contributed by atoms with E-state index in [0.717, 1.165) is 34.7 Å². The molecule has 0 unspecified atom stereocenters. The van der Waals surface area contributed by atoms with E-state index in [4.69, 9.17) is 4.74 Å². The lowest BCUT2D eigenvalue weighted by molar-refractivity contribution is 0.0983. The molecule has 1 amide bonds. The van der Waals surface area contributed by atoms with Crippen molar-refractivity contribution >= 4 is 21.4 Å². The zero-order valence-corrected chi connectivity index (χ0v) is 18.0. The summed E-state index contributed by atoms with van der Waals surface area (Å²) in [6.45, 7) is 0.612. The van der Waals surface area contributed by atoms with E-state index in [1.54, 1.807) is 22.8 Å². The van der Waals surface area contributed by atoms with Gasteiger partial charge >= 0.3 is 0 Å². The number of fused-ring (bicyclic) bond motifs is 1. The lowest BCUT2D eigenvalue weighted by Gasteiger charge is -2.16. The molecule has 1 fully saturated rings. The van der Waals surface area contributed by atoms with E-state index in [1.165, 1.54) is 0 Å². The fourth-order valence-corrected chi connectivity index (χ4v) is 6.10. The Morgan fingerprint density at radius 1 is 1.13 bits per heavy atom. The van der Waals surface area contributed by atoms with Gasteiger partial charge in [-0.3, -0.25) is 9.48 Å². The largest absolute Gasteiger partial charge is 0.497 e. The molecule has 5 rings (SSSR count). The highest BCUT2D eigenvalue weighted by molar-refractivity contribution is 7.91. The van der Waals surface area contributed by atoms with Gasteiger partial charge in [-0.15, -0.1) is 0 Å². The van der Waals surface area contributed by atoms with Crippen molar-refractivity contribution in [2.24, 2.45) is 0 Å². The summed E-state index contributed by atoms with van der Waals surface area (Å²) in [6.07, 6.45) is 1.31. The molecule has 1 saturated heterocycles. The Morgan fingerprint density at radius 3 is 2.61 bits per heavy atom. The second-order valence-corrected chi connectivity index (χ2v) is 10.2. The topological polar surface area (TPSA) is 81.5 Å². The molecule has 3 heterocycles. The van der Waals surface area contributed by atoms with Crippen molar-refractivity contribution in [3.63, 3.8) is 0 Å². The van der Waals surface area contributed by atoms with Gasteiger partial charge in [-0.2, -0.15) is 5.10 Å². The number of amides is 1. The second kappa shape index (κ2) is 7.53. The standard InChI is InChI=1S/C23H23N3O4S/c1-30-19-8-6-17(7-9-19)22-14-20(24-26(22)18-11-13-31(28,29)15-18)23(27)25-12-10-16-4-2-3-5-21(16)25/h2-9,14,18H,10-13,15H2,1H3/t18-/m0/s1. The van der Waals surface area contributed by atoms with Gasteiger partial charge in [0, 0.05) is 17.8 Å². The molecule has 0 N–H and O–H groups in total. The molecule has 31 heavy (non-hydrogen) atoms. The number of methoxy groups -OCH3 is 1. The third kappa shape index (κ3) is 3.61. The molecule has 3 aromatic rings. The summed E-state index contributed by atoms with van der Waals surface area (Å²) in [6, 6.07) is 16.9. The first-order valence-electron chi connectivity index (χ1n) is 10.3. The highest BCUT2D eigenvalue weighted by Crippen LogP contribution is 2.33. The van der Waals surface area contributed by atoms with E-state index in [1.807, 2.05) is 48.5 Å². The normalized spacial score (nSPS) is 19.4. The maximum atomic E-state index is 13.4. The third-order valence-electron chi connectivity index (χ3n) is 6.03. The first kappa shape index (κ1) is 19.8. The molecule has 160 valence electrons. The smallest absolute Gasteiger partial charge is 0.278 e. The number of sulfone groups is 1. The minimum Gasteiger partial charge on any atom is -0.497 e. The number of benzene rings is 2. The fraction of sp³-hybridized carbons (Fsp3) is 0.304. The van der Waals surface area contributed by atoms with E-state index < -0.39 is 9.84 Å². The summed E-state index contributed by atoms with van der Waals surface area (Å²) in [7, 11) is -1.49. The van der Waals surface area contributed by atoms with Crippen molar-refractivity contribution in [3.8, 4) is 17.0 Å². The molecule has 1 atom stereocenters. The lowest BCUT2D eigenvalue weighted by Crippen LogP contribution is -2.29. The third-order valence-corrected chi connectivity index (χ3v) is 7.78. The summed E-state index contributed by atoms with van der Waals surface area (Å²) in [5.41, 5.74) is 3.98. The van der Waals surface area contributed by atoms with Gasteiger partial charge in [-0.1, -0.05) is 18.2 Å². The van der Waals surface area contributed by atoms with Crippen molar-refractivity contribution in [2.45, 2.75) is 18.9 Å². The van der Waals surface area contributed by atoms with Crippen LogP contribution in [0.1, 0.15) is 28.5 Å². The van der Waals surface area contributed by atoms with Crippen molar-refractivity contribution < 1.29 is 17.9 Å². The maximum absolute atomic E-state index is 13.4. The van der Waals surface area contributed by atoms with Gasteiger partial charge in [0.25, 0.3) is 5.91 Å². The zero-order valence-electron chi connectivity index (χ0n) is 17.2. The Hall–Kier alpha value is -3.13. The number of para-hydroxylation sites is 1. The van der Waals surface area contributed by atoms with E-state index in [2.05, 4.69) is 5.10 Å². The SMILES string of the molecule is COc1ccc(-c2cc(C(=O)N3CCc4ccccc43)nn2[C@H]2CCS(=O)(=O)C2)cc1. The van der Waals surface area contributed by atoms with Gasteiger partial charge in [-0.25, -0.2) is 8.42 Å². The molecule has 0 bridgehead atoms. The maximum Gasteiger partial charge on any atom is 0.278 e. The van der Waals surface area contributed by atoms with Crippen LogP contribution in [-0.4, -0.2) is 49.3 Å². The minimum absolute atomic E-state index is 0.0397. The molecule has 1 aromatic heterocycles. The van der Waals surface area contributed by atoms with Gasteiger partial charge < -0.3 is 9.64 Å². The summed E-state index contributed by atoms with van der Waals surface area (Å²) in [4.78, 5) is 15.1. The Morgan fingerprint density at radius 2 is 1.90 bits per heavy atom. The van der Waals surface area contributed by atoms with Crippen LogP contribution in [0.4, 0.5) is 5.69 Å². The van der Waals surface area contributed by atoms with Crippen LogP contribution >= 0.6 is 0 Å². The predicted molar refractivity (Wildman–Crippen MR) is 118 cm³/mol. The second-order valence-electron chi connectivity index (χ2n) is 7.98. The Balaban J connectivity index is 1.55. The molecule has 7 nitrogen and oxygen atoms in total. The molecule has 2 aliphatic heterocycles. The summed E-state index contributed by atoms with van der Waals surface area (Å²) >= 11 is 0. The molecule has 0 radical (unpaired) electrons. The number of hydrogen-bond acceptors (Lipinski definition) is 5. The molecule has 8 heteroatoms. The van der Waals surface area contributed by atoms with Crippen LogP contribution in [-0.2, 0) is 16.3 Å². The Labute approximate surface area is 181 Å². The monoisotopic (exact) mass is 437 g/mol. The highest BCUT2D eigenvalue weighted by Gasteiger charge is 2.33. The highest BCUT2D eigenvalue weighted by atomic mass is 32.2. The van der Waals surface area contributed by atoms with Crippen molar-refractivity contribution in [1.29, 1.82) is 0 Å². The number of nitrogens with zero attached hydrogens (tertiary/aromatic N) is 3. The van der Waals surface area contributed by atoms with Gasteiger partial charge in [0.1, 0.15) is 5.75 Å². The van der Waals surface area contributed by atoms with Crippen LogP contribution in [0.5, 0.6) is 5.75 Å². The average Bonchev–Trinajstić information content (AvgIpc) is 3.49. The van der Waals surface area contributed by atoms with Crippen molar-refractivity contribution in [2.75, 3.05) is 30.1 Å². The molecule has 2 aromatic carbocycles. The van der Waals surface area contributed by atoms with Gasteiger partial charge in [0.05, 0.1) is 30.4 Å². The fourth-order valence-electron chi connectivity index (χ4n) is 4.41. The molecular weight excluding hydrogens is 414 g/mol. The quantitative estimate of drug-likeness (QED) is 0.626. The van der Waals surface area contributed by atoms with Gasteiger partial charge in [-0.05, 0) is 54.8 Å². The predicted octanol–water partition coefficient (Wildman–Crippen LogP) is 3.12. The molecular formula is C23H23N3O4S. The zero-order chi connectivity index (χ0) is 21.6. The summed E-state index contributed by atoms with van der Waals surface area (Å²) in [5, 5.41) is 4.62. The number of carbonyl (C=O) groups is 1. The van der Waals surface area contributed by atoms with Crippen LogP contribution in [0.3, 0.4) is 0 Å². The number of carbonyl (C=O) groups excluding carboxylic acids is 1. The summed E-state index contributed by atoms with van der Waals surface area (Å²) in [5.74, 6) is 0.739. The van der Waals surface area contributed by atoms with E-state index in [0.29, 0.717) is 18.7 Å². The van der Waals surface area contributed by atoms with Crippen LogP contribution in [0.25, 0.3) is 11.3 Å². The number of anilines is 1. The average molecular weight is 438 g/mol. The number of rotatable bonds is 4. The number of aromatic nitrogens is 2. The van der Waals surface area contributed by atoms with Gasteiger partial charge in [0.2, 0.25) is 0 Å². The molecule has 0 spiro atoms. The van der Waals surface area contributed by atoms with Crippen LogP contribution in [0.2, 0.25) is 0 Å². The molecule has 0 saturated carbocycles. The molecule has 0 aliphatic carbocycles. The van der Waals surface area contributed by atoms with Crippen LogP contribution in [0.15, 0.2) is 54.6 Å². The van der Waals surface area contributed by atoms with E-state index in [-0.39, 0.29) is 23.5 Å². The minimum atomic E-state index is -3.10. The van der Waals surface area contributed by atoms with Gasteiger partial charge in [0.15, 0.2) is 15.5 Å². The van der Waals surface area contributed by atoms with Crippen LogP contribution < -0.4 is 9.64 Å². The first-order valence-corrected chi connectivity index (χ1v) is 12.1.